The van der Waals surface area contributed by atoms with Crippen molar-refractivity contribution in [2.45, 2.75) is 32.4 Å². The molecule has 1 saturated heterocycles. The number of nitrogens with zero attached hydrogens (tertiary/aromatic N) is 1. The molecule has 0 saturated carbocycles. The van der Waals surface area contributed by atoms with Crippen LogP contribution in [0.15, 0.2) is 18.2 Å². The topological polar surface area (TPSA) is 41.9 Å². The van der Waals surface area contributed by atoms with Crippen molar-refractivity contribution in [1.82, 2.24) is 4.90 Å². The number of likely N-dealkylation sites (tertiary alicyclic amines) is 1. The van der Waals surface area contributed by atoms with Gasteiger partial charge in [-0.1, -0.05) is 13.0 Å². The lowest BCUT2D eigenvalue weighted by molar-refractivity contribution is 0.0221. The van der Waals surface area contributed by atoms with Gasteiger partial charge in [-0.15, -0.1) is 0 Å². The second-order valence-corrected chi connectivity index (χ2v) is 5.45. The SMILES string of the molecule is CCC1CN(Cc2ccc(OC)c(OC)c2)CCC1O. The summed E-state index contributed by atoms with van der Waals surface area (Å²) in [4.78, 5) is 2.40. The Morgan fingerprint density at radius 2 is 2.00 bits per heavy atom. The lowest BCUT2D eigenvalue weighted by Gasteiger charge is -2.35. The fourth-order valence-electron chi connectivity index (χ4n) is 2.88. The highest BCUT2D eigenvalue weighted by Gasteiger charge is 2.26. The van der Waals surface area contributed by atoms with E-state index in [2.05, 4.69) is 17.9 Å². The Bertz CT molecular complexity index is 436. The van der Waals surface area contributed by atoms with Crippen molar-refractivity contribution in [3.8, 4) is 11.5 Å². The summed E-state index contributed by atoms with van der Waals surface area (Å²) in [6.45, 7) is 4.95. The minimum absolute atomic E-state index is 0.137. The highest BCUT2D eigenvalue weighted by atomic mass is 16.5. The van der Waals surface area contributed by atoms with E-state index in [1.54, 1.807) is 14.2 Å². The highest BCUT2D eigenvalue weighted by molar-refractivity contribution is 5.42. The van der Waals surface area contributed by atoms with Gasteiger partial charge in [0.25, 0.3) is 0 Å². The molecule has 4 heteroatoms. The Morgan fingerprint density at radius 3 is 2.65 bits per heavy atom. The quantitative estimate of drug-likeness (QED) is 0.898. The molecule has 2 rings (SSSR count). The summed E-state index contributed by atoms with van der Waals surface area (Å²) >= 11 is 0. The molecule has 0 bridgehead atoms. The first-order valence-electron chi connectivity index (χ1n) is 7.29. The first kappa shape index (κ1) is 15.1. The summed E-state index contributed by atoms with van der Waals surface area (Å²) in [5.41, 5.74) is 1.22. The van der Waals surface area contributed by atoms with Gasteiger partial charge in [-0.3, -0.25) is 4.90 Å². The molecular formula is C16H25NO3. The van der Waals surface area contributed by atoms with Crippen molar-refractivity contribution in [3.63, 3.8) is 0 Å². The van der Waals surface area contributed by atoms with Gasteiger partial charge in [0.15, 0.2) is 11.5 Å². The number of methoxy groups -OCH3 is 2. The predicted octanol–water partition coefficient (Wildman–Crippen LogP) is 2.30. The fourth-order valence-corrected chi connectivity index (χ4v) is 2.88. The molecule has 20 heavy (non-hydrogen) atoms. The van der Waals surface area contributed by atoms with Crippen LogP contribution in [-0.2, 0) is 6.54 Å². The Hall–Kier alpha value is -1.26. The van der Waals surface area contributed by atoms with Gasteiger partial charge in [-0.25, -0.2) is 0 Å². The third kappa shape index (κ3) is 3.44. The molecule has 1 aliphatic heterocycles. The summed E-state index contributed by atoms with van der Waals surface area (Å²) in [5, 5.41) is 9.94. The standard InChI is InChI=1S/C16H25NO3/c1-4-13-11-17(8-7-14(13)18)10-12-5-6-15(19-2)16(9-12)20-3/h5-6,9,13-14,18H,4,7-8,10-11H2,1-3H3. The smallest absolute Gasteiger partial charge is 0.161 e. The number of rotatable bonds is 5. The molecule has 0 amide bonds. The zero-order valence-corrected chi connectivity index (χ0v) is 12.6. The Balaban J connectivity index is 2.03. The second kappa shape index (κ2) is 6.95. The van der Waals surface area contributed by atoms with Crippen LogP contribution in [0.3, 0.4) is 0 Å². The van der Waals surface area contributed by atoms with Crippen LogP contribution in [0.4, 0.5) is 0 Å². The van der Waals surface area contributed by atoms with Gasteiger partial charge in [0.2, 0.25) is 0 Å². The van der Waals surface area contributed by atoms with Gasteiger partial charge in [-0.2, -0.15) is 0 Å². The fraction of sp³-hybridized carbons (Fsp3) is 0.625. The van der Waals surface area contributed by atoms with Gasteiger partial charge >= 0.3 is 0 Å². The summed E-state index contributed by atoms with van der Waals surface area (Å²) < 4.78 is 10.6. The van der Waals surface area contributed by atoms with E-state index in [1.165, 1.54) is 5.56 Å². The second-order valence-electron chi connectivity index (χ2n) is 5.45. The number of aliphatic hydroxyl groups is 1. The van der Waals surface area contributed by atoms with Crippen LogP contribution in [0.1, 0.15) is 25.3 Å². The molecule has 0 aliphatic carbocycles. The van der Waals surface area contributed by atoms with Crippen molar-refractivity contribution in [3.05, 3.63) is 23.8 Å². The third-order valence-electron chi connectivity index (χ3n) is 4.16. The van der Waals surface area contributed by atoms with Crippen LogP contribution in [0.2, 0.25) is 0 Å². The molecule has 2 unspecified atom stereocenters. The van der Waals surface area contributed by atoms with E-state index in [4.69, 9.17) is 9.47 Å². The van der Waals surface area contributed by atoms with Crippen molar-refractivity contribution in [2.24, 2.45) is 5.92 Å². The van der Waals surface area contributed by atoms with Crippen molar-refractivity contribution in [1.29, 1.82) is 0 Å². The van der Waals surface area contributed by atoms with Gasteiger partial charge in [0.05, 0.1) is 20.3 Å². The normalized spacial score (nSPS) is 23.6. The number of ether oxygens (including phenoxy) is 2. The van der Waals surface area contributed by atoms with E-state index in [-0.39, 0.29) is 6.10 Å². The summed E-state index contributed by atoms with van der Waals surface area (Å²) in [6.07, 6.45) is 1.76. The lowest BCUT2D eigenvalue weighted by Crippen LogP contribution is -2.42. The van der Waals surface area contributed by atoms with Crippen LogP contribution in [0.5, 0.6) is 11.5 Å². The van der Waals surface area contributed by atoms with E-state index >= 15 is 0 Å². The molecule has 112 valence electrons. The molecule has 0 aromatic heterocycles. The minimum Gasteiger partial charge on any atom is -0.493 e. The average Bonchev–Trinajstić information content (AvgIpc) is 2.49. The molecule has 4 nitrogen and oxygen atoms in total. The van der Waals surface area contributed by atoms with E-state index < -0.39 is 0 Å². The van der Waals surface area contributed by atoms with Gasteiger partial charge < -0.3 is 14.6 Å². The monoisotopic (exact) mass is 279 g/mol. The van der Waals surface area contributed by atoms with E-state index in [9.17, 15) is 5.11 Å². The van der Waals surface area contributed by atoms with Crippen molar-refractivity contribution in [2.75, 3.05) is 27.3 Å². The summed E-state index contributed by atoms with van der Waals surface area (Å²) in [6, 6.07) is 6.06. The van der Waals surface area contributed by atoms with Crippen LogP contribution in [-0.4, -0.2) is 43.4 Å². The predicted molar refractivity (Wildman–Crippen MR) is 79.2 cm³/mol. The van der Waals surface area contributed by atoms with E-state index in [0.29, 0.717) is 5.92 Å². The minimum atomic E-state index is -0.137. The molecule has 0 spiro atoms. The highest BCUT2D eigenvalue weighted by Crippen LogP contribution is 2.29. The number of piperidine rings is 1. The summed E-state index contributed by atoms with van der Waals surface area (Å²) in [5.74, 6) is 1.93. The molecule has 1 fully saturated rings. The van der Waals surface area contributed by atoms with Gasteiger partial charge in [0, 0.05) is 19.6 Å². The average molecular weight is 279 g/mol. The number of aliphatic hydroxyl groups excluding tert-OH is 1. The largest absolute Gasteiger partial charge is 0.493 e. The Morgan fingerprint density at radius 1 is 1.25 bits per heavy atom. The molecule has 1 aromatic carbocycles. The van der Waals surface area contributed by atoms with E-state index in [1.807, 2.05) is 12.1 Å². The molecule has 2 atom stereocenters. The first-order chi connectivity index (χ1) is 9.67. The molecule has 1 heterocycles. The van der Waals surface area contributed by atoms with Gasteiger partial charge in [-0.05, 0) is 36.5 Å². The number of benzene rings is 1. The molecule has 1 aromatic rings. The maximum Gasteiger partial charge on any atom is 0.161 e. The molecule has 0 radical (unpaired) electrons. The zero-order chi connectivity index (χ0) is 14.5. The van der Waals surface area contributed by atoms with Gasteiger partial charge in [0.1, 0.15) is 0 Å². The van der Waals surface area contributed by atoms with E-state index in [0.717, 1.165) is 44.0 Å². The number of hydrogen-bond acceptors (Lipinski definition) is 4. The van der Waals surface area contributed by atoms with Crippen LogP contribution in [0.25, 0.3) is 0 Å². The lowest BCUT2D eigenvalue weighted by atomic mass is 9.92. The Labute approximate surface area is 121 Å². The van der Waals surface area contributed by atoms with Crippen molar-refractivity contribution >= 4 is 0 Å². The van der Waals surface area contributed by atoms with Crippen LogP contribution < -0.4 is 9.47 Å². The van der Waals surface area contributed by atoms with Crippen LogP contribution in [0, 0.1) is 5.92 Å². The zero-order valence-electron chi connectivity index (χ0n) is 12.6. The number of hydrogen-bond donors (Lipinski definition) is 1. The Kier molecular flexibility index (Phi) is 5.26. The third-order valence-corrected chi connectivity index (χ3v) is 4.16. The molecule has 1 aliphatic rings. The first-order valence-corrected chi connectivity index (χ1v) is 7.29. The summed E-state index contributed by atoms with van der Waals surface area (Å²) in [7, 11) is 3.31. The maximum absolute atomic E-state index is 9.94. The molecule has 1 N–H and O–H groups in total. The van der Waals surface area contributed by atoms with Crippen molar-refractivity contribution < 1.29 is 14.6 Å². The maximum atomic E-state index is 9.94. The van der Waals surface area contributed by atoms with Crippen LogP contribution >= 0.6 is 0 Å². The molecular weight excluding hydrogens is 254 g/mol.